The zero-order chi connectivity index (χ0) is 15.9. The average molecular weight is 298 g/mol. The first-order valence-electron chi connectivity index (χ1n) is 7.06. The van der Waals surface area contributed by atoms with Crippen LogP contribution >= 0.6 is 0 Å². The average Bonchev–Trinajstić information content (AvgIpc) is 2.54. The third-order valence-electron chi connectivity index (χ3n) is 3.05. The second kappa shape index (κ2) is 7.41. The molecule has 4 heteroatoms. The van der Waals surface area contributed by atoms with Crippen molar-refractivity contribution in [3.63, 3.8) is 0 Å². The van der Waals surface area contributed by atoms with Gasteiger partial charge in [0.15, 0.2) is 0 Å². The van der Waals surface area contributed by atoms with Crippen molar-refractivity contribution >= 4 is 11.9 Å². The van der Waals surface area contributed by atoms with Crippen LogP contribution in [0.5, 0.6) is 0 Å². The molecule has 4 nitrogen and oxygen atoms in total. The summed E-state index contributed by atoms with van der Waals surface area (Å²) in [5.74, 6) is -0.859. The number of hydrogen-bond donors (Lipinski definition) is 0. The molecule has 2 rings (SSSR count). The van der Waals surface area contributed by atoms with Crippen LogP contribution in [0.1, 0.15) is 33.2 Å². The predicted octanol–water partition coefficient (Wildman–Crippen LogP) is 3.40. The van der Waals surface area contributed by atoms with E-state index in [1.807, 2.05) is 25.1 Å². The van der Waals surface area contributed by atoms with E-state index in [2.05, 4.69) is 0 Å². The van der Waals surface area contributed by atoms with Gasteiger partial charge in [-0.05, 0) is 38.1 Å². The van der Waals surface area contributed by atoms with Gasteiger partial charge in [-0.1, -0.05) is 35.9 Å². The van der Waals surface area contributed by atoms with Crippen molar-refractivity contribution in [1.29, 1.82) is 0 Å². The van der Waals surface area contributed by atoms with Gasteiger partial charge < -0.3 is 9.47 Å². The molecule has 0 aromatic heterocycles. The molecule has 0 fully saturated rings. The summed E-state index contributed by atoms with van der Waals surface area (Å²) >= 11 is 0. The Labute approximate surface area is 129 Å². The summed E-state index contributed by atoms with van der Waals surface area (Å²) in [6.45, 7) is 3.65. The predicted molar refractivity (Wildman–Crippen MR) is 82.8 cm³/mol. The van der Waals surface area contributed by atoms with E-state index in [9.17, 15) is 9.59 Å². The summed E-state index contributed by atoms with van der Waals surface area (Å²) in [5, 5.41) is 0. The van der Waals surface area contributed by atoms with Gasteiger partial charge in [0.2, 0.25) is 0 Å². The van der Waals surface area contributed by atoms with E-state index in [4.69, 9.17) is 9.47 Å². The fraction of sp³-hybridized carbons (Fsp3) is 0.222. The van der Waals surface area contributed by atoms with Gasteiger partial charge in [-0.15, -0.1) is 0 Å². The van der Waals surface area contributed by atoms with Crippen LogP contribution < -0.4 is 0 Å². The molecule has 22 heavy (non-hydrogen) atoms. The number of carbonyl (C=O) groups is 2. The minimum atomic E-state index is -0.513. The smallest absolute Gasteiger partial charge is 0.338 e. The van der Waals surface area contributed by atoms with Crippen LogP contribution in [0.15, 0.2) is 54.6 Å². The van der Waals surface area contributed by atoms with Crippen molar-refractivity contribution in [2.24, 2.45) is 0 Å². The van der Waals surface area contributed by atoms with E-state index in [0.717, 1.165) is 5.56 Å². The Balaban J connectivity index is 1.83. The van der Waals surface area contributed by atoms with E-state index in [0.29, 0.717) is 11.1 Å². The summed E-state index contributed by atoms with van der Waals surface area (Å²) in [6, 6.07) is 15.8. The zero-order valence-corrected chi connectivity index (χ0v) is 12.6. The van der Waals surface area contributed by atoms with Crippen molar-refractivity contribution in [3.8, 4) is 0 Å². The number of ether oxygens (including phenoxy) is 2. The van der Waals surface area contributed by atoms with E-state index in [-0.39, 0.29) is 6.61 Å². The van der Waals surface area contributed by atoms with Crippen LogP contribution in [0.4, 0.5) is 0 Å². The van der Waals surface area contributed by atoms with Crippen LogP contribution in [-0.2, 0) is 9.47 Å². The monoisotopic (exact) mass is 298 g/mol. The third kappa shape index (κ3) is 4.45. The first-order chi connectivity index (χ1) is 10.6. The van der Waals surface area contributed by atoms with E-state index < -0.39 is 18.0 Å². The van der Waals surface area contributed by atoms with Gasteiger partial charge in [0.05, 0.1) is 11.1 Å². The molecule has 114 valence electrons. The standard InChI is InChI=1S/C18H18O4/c1-13-8-10-16(11-9-13)18(20)22-14(2)12-21-17(19)15-6-4-3-5-7-15/h3-11,14H,12H2,1-2H3. The molecule has 0 N–H and O–H groups in total. The lowest BCUT2D eigenvalue weighted by Gasteiger charge is -2.13. The number of benzene rings is 2. The molecule has 0 bridgehead atoms. The largest absolute Gasteiger partial charge is 0.458 e. The van der Waals surface area contributed by atoms with Crippen LogP contribution in [0.25, 0.3) is 0 Å². The minimum Gasteiger partial charge on any atom is -0.458 e. The minimum absolute atomic E-state index is 0.0192. The highest BCUT2D eigenvalue weighted by atomic mass is 16.6. The molecular formula is C18H18O4. The lowest BCUT2D eigenvalue weighted by molar-refractivity contribution is 0.00448. The third-order valence-corrected chi connectivity index (χ3v) is 3.05. The first kappa shape index (κ1) is 15.8. The Morgan fingerprint density at radius 3 is 2.14 bits per heavy atom. The van der Waals surface area contributed by atoms with Crippen LogP contribution in [-0.4, -0.2) is 24.6 Å². The van der Waals surface area contributed by atoms with Crippen molar-refractivity contribution in [2.45, 2.75) is 20.0 Å². The van der Waals surface area contributed by atoms with E-state index in [1.54, 1.807) is 43.3 Å². The first-order valence-corrected chi connectivity index (χ1v) is 7.06. The quantitative estimate of drug-likeness (QED) is 0.794. The normalized spacial score (nSPS) is 11.5. The molecular weight excluding hydrogens is 280 g/mol. The number of esters is 2. The van der Waals surface area contributed by atoms with Gasteiger partial charge in [0.1, 0.15) is 12.7 Å². The number of carbonyl (C=O) groups excluding carboxylic acids is 2. The molecule has 0 aliphatic rings. The second-order valence-electron chi connectivity index (χ2n) is 5.05. The summed E-state index contributed by atoms with van der Waals surface area (Å²) in [7, 11) is 0. The topological polar surface area (TPSA) is 52.6 Å². The maximum absolute atomic E-state index is 11.9. The van der Waals surface area contributed by atoms with Crippen molar-refractivity contribution < 1.29 is 19.1 Å². The Hall–Kier alpha value is -2.62. The van der Waals surface area contributed by atoms with Gasteiger partial charge in [0.25, 0.3) is 0 Å². The second-order valence-corrected chi connectivity index (χ2v) is 5.05. The number of rotatable bonds is 5. The fourth-order valence-electron chi connectivity index (χ4n) is 1.83. The number of aryl methyl sites for hydroxylation is 1. The summed E-state index contributed by atoms with van der Waals surface area (Å²) < 4.78 is 10.4. The molecule has 0 saturated carbocycles. The Morgan fingerprint density at radius 2 is 1.50 bits per heavy atom. The van der Waals surface area contributed by atoms with Gasteiger partial charge in [-0.3, -0.25) is 0 Å². The highest BCUT2D eigenvalue weighted by Gasteiger charge is 2.14. The molecule has 0 aliphatic heterocycles. The maximum atomic E-state index is 11.9. The molecule has 0 heterocycles. The molecule has 0 amide bonds. The summed E-state index contributed by atoms with van der Waals surface area (Å²) in [5.41, 5.74) is 2.02. The highest BCUT2D eigenvalue weighted by molar-refractivity contribution is 5.90. The van der Waals surface area contributed by atoms with Crippen LogP contribution in [0.3, 0.4) is 0 Å². The van der Waals surface area contributed by atoms with Gasteiger partial charge >= 0.3 is 11.9 Å². The highest BCUT2D eigenvalue weighted by Crippen LogP contribution is 2.08. The Bertz CT molecular complexity index is 632. The molecule has 1 atom stereocenters. The van der Waals surface area contributed by atoms with E-state index in [1.165, 1.54) is 0 Å². The van der Waals surface area contributed by atoms with E-state index >= 15 is 0 Å². The Morgan fingerprint density at radius 1 is 0.909 bits per heavy atom. The van der Waals surface area contributed by atoms with Crippen LogP contribution in [0, 0.1) is 6.92 Å². The Kier molecular flexibility index (Phi) is 5.31. The zero-order valence-electron chi connectivity index (χ0n) is 12.6. The van der Waals surface area contributed by atoms with Crippen LogP contribution in [0.2, 0.25) is 0 Å². The van der Waals surface area contributed by atoms with Crippen molar-refractivity contribution in [1.82, 2.24) is 0 Å². The molecule has 1 unspecified atom stereocenters. The number of hydrogen-bond acceptors (Lipinski definition) is 4. The molecule has 0 aliphatic carbocycles. The summed E-state index contributed by atoms with van der Waals surface area (Å²) in [6.07, 6.45) is -0.513. The van der Waals surface area contributed by atoms with Gasteiger partial charge in [-0.25, -0.2) is 9.59 Å². The lowest BCUT2D eigenvalue weighted by atomic mass is 10.1. The lowest BCUT2D eigenvalue weighted by Crippen LogP contribution is -2.22. The maximum Gasteiger partial charge on any atom is 0.338 e. The molecule has 2 aromatic carbocycles. The van der Waals surface area contributed by atoms with Gasteiger partial charge in [0, 0.05) is 0 Å². The van der Waals surface area contributed by atoms with Crippen molar-refractivity contribution in [2.75, 3.05) is 6.61 Å². The molecule has 2 aromatic rings. The SMILES string of the molecule is Cc1ccc(C(=O)OC(C)COC(=O)c2ccccc2)cc1. The summed E-state index contributed by atoms with van der Waals surface area (Å²) in [4.78, 5) is 23.7. The molecule has 0 spiro atoms. The fourth-order valence-corrected chi connectivity index (χ4v) is 1.83. The molecule has 0 saturated heterocycles. The van der Waals surface area contributed by atoms with Crippen molar-refractivity contribution in [3.05, 3.63) is 71.3 Å². The molecule has 0 radical (unpaired) electrons. The van der Waals surface area contributed by atoms with Gasteiger partial charge in [-0.2, -0.15) is 0 Å².